The molecule has 0 aliphatic heterocycles. The van der Waals surface area contributed by atoms with Crippen molar-refractivity contribution >= 4 is 25.3 Å². The van der Waals surface area contributed by atoms with Crippen LogP contribution in [0.3, 0.4) is 0 Å². The number of ether oxygens (including phenoxy) is 2. The zero-order valence-electron chi connectivity index (χ0n) is 8.13. The fourth-order valence-corrected chi connectivity index (χ4v) is 0.981. The Morgan fingerprint density at radius 2 is 1.58 bits per heavy atom. The van der Waals surface area contributed by atoms with Crippen LogP contribution in [0.1, 0.15) is 27.7 Å². The van der Waals surface area contributed by atoms with Gasteiger partial charge in [0.05, 0.1) is 18.1 Å². The van der Waals surface area contributed by atoms with Gasteiger partial charge in [-0.2, -0.15) is 12.6 Å². The van der Waals surface area contributed by atoms with Gasteiger partial charge in [-0.05, 0) is 27.7 Å². The molecule has 2 nitrogen and oxygen atoms in total. The highest BCUT2D eigenvalue weighted by Crippen LogP contribution is 2.18. The molecule has 0 aliphatic carbocycles. The van der Waals surface area contributed by atoms with Crippen molar-refractivity contribution in [2.45, 2.75) is 38.2 Å². The van der Waals surface area contributed by atoms with Crippen LogP contribution in [0.25, 0.3) is 0 Å². The molecule has 0 N–H and O–H groups in total. The summed E-state index contributed by atoms with van der Waals surface area (Å²) >= 11 is 8.22. The molecule has 74 valence electrons. The van der Waals surface area contributed by atoms with Crippen molar-refractivity contribution in [2.75, 3.05) is 12.5 Å². The Morgan fingerprint density at radius 1 is 1.08 bits per heavy atom. The first-order chi connectivity index (χ1) is 5.27. The van der Waals surface area contributed by atoms with Crippen LogP contribution < -0.4 is 0 Å². The van der Waals surface area contributed by atoms with Crippen LogP contribution in [0.5, 0.6) is 0 Å². The smallest absolute Gasteiger partial charge is 0.105 e. The summed E-state index contributed by atoms with van der Waals surface area (Å²) in [5.74, 6) is 0.406. The van der Waals surface area contributed by atoms with E-state index in [-0.39, 0.29) is 5.60 Å². The van der Waals surface area contributed by atoms with Crippen molar-refractivity contribution in [1.29, 1.82) is 0 Å². The molecule has 0 fully saturated rings. The fraction of sp³-hybridized carbons (Fsp3) is 1.00. The van der Waals surface area contributed by atoms with E-state index in [0.29, 0.717) is 12.5 Å². The summed E-state index contributed by atoms with van der Waals surface area (Å²) in [5.41, 5.74) is -0.290. The van der Waals surface area contributed by atoms with Gasteiger partial charge >= 0.3 is 0 Å². The van der Waals surface area contributed by atoms with Gasteiger partial charge < -0.3 is 9.47 Å². The van der Waals surface area contributed by atoms with E-state index in [1.54, 1.807) is 0 Å². The lowest BCUT2D eigenvalue weighted by Crippen LogP contribution is -2.34. The summed E-state index contributed by atoms with van der Waals surface area (Å²) in [4.78, 5) is -0.406. The second kappa shape index (κ2) is 4.74. The average molecular weight is 210 g/mol. The van der Waals surface area contributed by atoms with Crippen LogP contribution in [0, 0.1) is 0 Å². The van der Waals surface area contributed by atoms with E-state index in [4.69, 9.17) is 9.47 Å². The monoisotopic (exact) mass is 210 g/mol. The molecule has 0 saturated heterocycles. The van der Waals surface area contributed by atoms with Crippen molar-refractivity contribution in [2.24, 2.45) is 0 Å². The van der Waals surface area contributed by atoms with Gasteiger partial charge in [-0.1, -0.05) is 0 Å². The first-order valence-corrected chi connectivity index (χ1v) is 4.96. The Bertz CT molecular complexity index is 130. The van der Waals surface area contributed by atoms with E-state index in [0.717, 1.165) is 0 Å². The SMILES string of the molecule is CC(C)(S)OCC(C)(C)OCS. The third-order valence-corrected chi connectivity index (χ3v) is 1.49. The second-order valence-electron chi connectivity index (χ2n) is 3.77. The molecule has 0 aromatic carbocycles. The van der Waals surface area contributed by atoms with Gasteiger partial charge in [0.15, 0.2) is 0 Å². The van der Waals surface area contributed by atoms with E-state index in [1.165, 1.54) is 0 Å². The van der Waals surface area contributed by atoms with Gasteiger partial charge in [-0.3, -0.25) is 0 Å². The molecule has 0 unspecified atom stereocenters. The molecule has 0 bridgehead atoms. The zero-order chi connectivity index (χ0) is 9.83. The van der Waals surface area contributed by atoms with Crippen molar-refractivity contribution < 1.29 is 9.47 Å². The molecule has 12 heavy (non-hydrogen) atoms. The molecular weight excluding hydrogens is 192 g/mol. The summed E-state index contributed by atoms with van der Waals surface area (Å²) in [5, 5.41) is 0. The van der Waals surface area contributed by atoms with Crippen LogP contribution in [0.2, 0.25) is 0 Å². The molecule has 0 aromatic heterocycles. The van der Waals surface area contributed by atoms with E-state index in [2.05, 4.69) is 25.3 Å². The highest BCUT2D eigenvalue weighted by Gasteiger charge is 2.22. The Kier molecular flexibility index (Phi) is 4.99. The molecule has 0 aliphatic rings. The summed E-state index contributed by atoms with van der Waals surface area (Å²) in [6.07, 6.45) is 0. The lowest BCUT2D eigenvalue weighted by Gasteiger charge is -2.28. The number of rotatable bonds is 5. The predicted molar refractivity (Wildman–Crippen MR) is 58.0 cm³/mol. The maximum absolute atomic E-state index is 5.45. The van der Waals surface area contributed by atoms with Crippen LogP contribution >= 0.6 is 25.3 Å². The van der Waals surface area contributed by atoms with Crippen molar-refractivity contribution in [3.05, 3.63) is 0 Å². The quantitative estimate of drug-likeness (QED) is 0.536. The first kappa shape index (κ1) is 12.6. The van der Waals surface area contributed by atoms with Crippen LogP contribution in [-0.2, 0) is 9.47 Å². The van der Waals surface area contributed by atoms with Gasteiger partial charge in [0, 0.05) is 0 Å². The van der Waals surface area contributed by atoms with Crippen LogP contribution in [-0.4, -0.2) is 23.1 Å². The number of hydrogen-bond acceptors (Lipinski definition) is 4. The molecule has 0 spiro atoms. The summed E-state index contributed by atoms with van der Waals surface area (Å²) < 4.78 is 10.8. The standard InChI is InChI=1S/C8H18O2S2/c1-7(2,10-6-11)5-9-8(3,4)12/h11-12H,5-6H2,1-4H3. The Morgan fingerprint density at radius 3 is 1.92 bits per heavy atom. The minimum atomic E-state index is -0.406. The molecule has 0 rings (SSSR count). The highest BCUT2D eigenvalue weighted by atomic mass is 32.1. The van der Waals surface area contributed by atoms with E-state index >= 15 is 0 Å². The van der Waals surface area contributed by atoms with Crippen molar-refractivity contribution in [3.63, 3.8) is 0 Å². The van der Waals surface area contributed by atoms with Gasteiger partial charge in [-0.25, -0.2) is 0 Å². The molecule has 4 heteroatoms. The predicted octanol–water partition coefficient (Wildman–Crippen LogP) is 2.35. The van der Waals surface area contributed by atoms with Gasteiger partial charge in [0.1, 0.15) is 4.93 Å². The lowest BCUT2D eigenvalue weighted by atomic mass is 10.1. The Hall–Kier alpha value is 0.620. The molecule has 0 aromatic rings. The maximum atomic E-state index is 5.45. The van der Waals surface area contributed by atoms with Crippen molar-refractivity contribution in [1.82, 2.24) is 0 Å². The molecule has 0 saturated carbocycles. The van der Waals surface area contributed by atoms with E-state index < -0.39 is 4.93 Å². The topological polar surface area (TPSA) is 18.5 Å². The number of thiol groups is 2. The molecule has 0 atom stereocenters. The molecule has 0 heterocycles. The second-order valence-corrected chi connectivity index (χ2v) is 5.10. The minimum absolute atomic E-state index is 0.290. The maximum Gasteiger partial charge on any atom is 0.105 e. The Balaban J connectivity index is 3.75. The van der Waals surface area contributed by atoms with Gasteiger partial charge in [0.2, 0.25) is 0 Å². The largest absolute Gasteiger partial charge is 0.363 e. The summed E-state index contributed by atoms with van der Waals surface area (Å²) in [6.45, 7) is 8.23. The summed E-state index contributed by atoms with van der Waals surface area (Å²) in [6, 6.07) is 0. The molecule has 0 amide bonds. The minimum Gasteiger partial charge on any atom is -0.363 e. The van der Waals surface area contributed by atoms with Gasteiger partial charge in [0.25, 0.3) is 0 Å². The average Bonchev–Trinajstić information content (AvgIpc) is 1.83. The zero-order valence-corrected chi connectivity index (χ0v) is 9.91. The summed E-state index contributed by atoms with van der Waals surface area (Å²) in [7, 11) is 0. The highest BCUT2D eigenvalue weighted by molar-refractivity contribution is 7.81. The third-order valence-electron chi connectivity index (χ3n) is 1.23. The van der Waals surface area contributed by atoms with E-state index in [1.807, 2.05) is 27.7 Å². The van der Waals surface area contributed by atoms with Crippen molar-refractivity contribution in [3.8, 4) is 0 Å². The fourth-order valence-electron chi connectivity index (χ4n) is 0.567. The first-order valence-electron chi connectivity index (χ1n) is 3.88. The van der Waals surface area contributed by atoms with Crippen LogP contribution in [0.4, 0.5) is 0 Å². The number of hydrogen-bond donors (Lipinski definition) is 2. The third kappa shape index (κ3) is 7.28. The van der Waals surface area contributed by atoms with Crippen LogP contribution in [0.15, 0.2) is 0 Å². The van der Waals surface area contributed by atoms with Gasteiger partial charge in [-0.15, -0.1) is 12.6 Å². The molecule has 0 radical (unpaired) electrons. The Labute approximate surface area is 85.8 Å². The molecular formula is C8H18O2S2. The normalized spacial score (nSPS) is 13.5. The van der Waals surface area contributed by atoms with E-state index in [9.17, 15) is 0 Å². The lowest BCUT2D eigenvalue weighted by molar-refractivity contribution is -0.0804.